The number of amides is 1. The van der Waals surface area contributed by atoms with Crippen LogP contribution in [0.15, 0.2) is 48.5 Å². The molecule has 1 amide bonds. The van der Waals surface area contributed by atoms with Gasteiger partial charge in [0.25, 0.3) is 5.91 Å². The zero-order valence-corrected chi connectivity index (χ0v) is 17.9. The number of halogens is 1. The standard InChI is InChI=1S/C21H26N2O3S.ClH/c1-3-16-7-9-18(10-8-16)20-14-22-11-12-23(20)21(24)19-6-4-5-17(13-19)15-27(2,25)26;/h4-10,13,20,22H,3,11-12,14-15H2,1-2H3;1H. The number of carbonyl (C=O) groups excluding carboxylic acids is 1. The second-order valence-corrected chi connectivity index (χ2v) is 9.22. The minimum atomic E-state index is -3.14. The first kappa shape index (κ1) is 22.4. The van der Waals surface area contributed by atoms with Crippen LogP contribution in [0.4, 0.5) is 0 Å². The highest BCUT2D eigenvalue weighted by Gasteiger charge is 2.28. The van der Waals surface area contributed by atoms with Crippen molar-refractivity contribution >= 4 is 28.2 Å². The van der Waals surface area contributed by atoms with Gasteiger partial charge in [0.15, 0.2) is 9.84 Å². The molecule has 0 aromatic heterocycles. The number of sulfone groups is 1. The second kappa shape index (κ2) is 9.54. The molecule has 1 aliphatic heterocycles. The molecule has 7 heteroatoms. The Hall–Kier alpha value is -1.89. The van der Waals surface area contributed by atoms with Crippen LogP contribution in [0.2, 0.25) is 0 Å². The summed E-state index contributed by atoms with van der Waals surface area (Å²) in [6.45, 7) is 4.20. The van der Waals surface area contributed by atoms with E-state index in [9.17, 15) is 13.2 Å². The molecule has 5 nitrogen and oxygen atoms in total. The number of benzene rings is 2. The van der Waals surface area contributed by atoms with Crippen LogP contribution < -0.4 is 5.32 Å². The predicted molar refractivity (Wildman–Crippen MR) is 115 cm³/mol. The van der Waals surface area contributed by atoms with Gasteiger partial charge in [0.05, 0.1) is 11.8 Å². The van der Waals surface area contributed by atoms with Crippen LogP contribution in [-0.2, 0) is 22.0 Å². The van der Waals surface area contributed by atoms with Gasteiger partial charge in [-0.25, -0.2) is 8.42 Å². The molecule has 1 N–H and O–H groups in total. The zero-order chi connectivity index (χ0) is 19.4. The summed E-state index contributed by atoms with van der Waals surface area (Å²) in [6, 6.07) is 15.3. The lowest BCUT2D eigenvalue weighted by atomic mass is 9.99. The number of aryl methyl sites for hydroxylation is 1. The summed E-state index contributed by atoms with van der Waals surface area (Å²) >= 11 is 0. The molecule has 1 aliphatic rings. The Morgan fingerprint density at radius 1 is 1.14 bits per heavy atom. The molecule has 2 aromatic rings. The lowest BCUT2D eigenvalue weighted by Gasteiger charge is -2.36. The molecule has 0 radical (unpaired) electrons. The molecule has 0 bridgehead atoms. The van der Waals surface area contributed by atoms with Gasteiger partial charge in [0.1, 0.15) is 0 Å². The molecule has 1 atom stereocenters. The van der Waals surface area contributed by atoms with Crippen molar-refractivity contribution in [2.45, 2.75) is 25.1 Å². The summed E-state index contributed by atoms with van der Waals surface area (Å²) in [4.78, 5) is 15.1. The minimum Gasteiger partial charge on any atom is -0.329 e. The maximum absolute atomic E-state index is 13.2. The van der Waals surface area contributed by atoms with Crippen LogP contribution in [0.1, 0.15) is 40.0 Å². The third-order valence-electron chi connectivity index (χ3n) is 4.88. The summed E-state index contributed by atoms with van der Waals surface area (Å²) in [5.74, 6) is -0.117. The van der Waals surface area contributed by atoms with Crippen LogP contribution in [0.3, 0.4) is 0 Å². The fourth-order valence-corrected chi connectivity index (χ4v) is 4.27. The van der Waals surface area contributed by atoms with Crippen LogP contribution in [0.25, 0.3) is 0 Å². The fourth-order valence-electron chi connectivity index (χ4n) is 3.48. The number of piperazine rings is 1. The van der Waals surface area contributed by atoms with E-state index in [1.54, 1.807) is 24.3 Å². The summed E-state index contributed by atoms with van der Waals surface area (Å²) in [6.07, 6.45) is 2.19. The number of hydrogen-bond acceptors (Lipinski definition) is 4. The highest BCUT2D eigenvalue weighted by Crippen LogP contribution is 2.25. The summed E-state index contributed by atoms with van der Waals surface area (Å²) in [7, 11) is -3.14. The van der Waals surface area contributed by atoms with Crippen molar-refractivity contribution in [2.75, 3.05) is 25.9 Å². The average Bonchev–Trinajstić information content (AvgIpc) is 2.66. The van der Waals surface area contributed by atoms with E-state index < -0.39 is 9.84 Å². The Bertz CT molecular complexity index is 914. The maximum atomic E-state index is 13.2. The molecular formula is C21H27ClN2O3S. The van der Waals surface area contributed by atoms with E-state index in [1.807, 2.05) is 4.90 Å². The number of rotatable bonds is 5. The van der Waals surface area contributed by atoms with E-state index in [1.165, 1.54) is 11.8 Å². The molecule has 1 unspecified atom stereocenters. The van der Waals surface area contributed by atoms with E-state index in [-0.39, 0.29) is 30.1 Å². The lowest BCUT2D eigenvalue weighted by molar-refractivity contribution is 0.0634. The topological polar surface area (TPSA) is 66.5 Å². The number of nitrogens with one attached hydrogen (secondary N) is 1. The third kappa shape index (κ3) is 5.56. The average molecular weight is 423 g/mol. The first-order valence-electron chi connectivity index (χ1n) is 9.24. The van der Waals surface area contributed by atoms with Crippen molar-refractivity contribution in [2.24, 2.45) is 0 Å². The number of nitrogens with zero attached hydrogens (tertiary/aromatic N) is 1. The predicted octanol–water partition coefficient (Wildman–Crippen LogP) is 3.00. The SMILES string of the molecule is CCc1ccc(C2CNCCN2C(=O)c2cccc(CS(C)(=O)=O)c2)cc1.Cl. The van der Waals surface area contributed by atoms with Crippen molar-refractivity contribution in [3.63, 3.8) is 0 Å². The molecule has 0 aliphatic carbocycles. The molecule has 152 valence electrons. The first-order chi connectivity index (χ1) is 12.9. The van der Waals surface area contributed by atoms with Crippen LogP contribution in [0.5, 0.6) is 0 Å². The Morgan fingerprint density at radius 3 is 2.50 bits per heavy atom. The van der Waals surface area contributed by atoms with Gasteiger partial charge in [0, 0.05) is 31.5 Å². The van der Waals surface area contributed by atoms with E-state index in [0.29, 0.717) is 24.2 Å². The van der Waals surface area contributed by atoms with Gasteiger partial charge < -0.3 is 10.2 Å². The van der Waals surface area contributed by atoms with Gasteiger partial charge in [-0.1, -0.05) is 43.3 Å². The molecule has 0 spiro atoms. The largest absolute Gasteiger partial charge is 0.329 e. The maximum Gasteiger partial charge on any atom is 0.254 e. The quantitative estimate of drug-likeness (QED) is 0.804. The molecular weight excluding hydrogens is 396 g/mol. The van der Waals surface area contributed by atoms with Gasteiger partial charge in [0.2, 0.25) is 0 Å². The molecule has 2 aromatic carbocycles. The molecule has 28 heavy (non-hydrogen) atoms. The normalized spacial score (nSPS) is 17.1. The monoisotopic (exact) mass is 422 g/mol. The van der Waals surface area contributed by atoms with E-state index >= 15 is 0 Å². The van der Waals surface area contributed by atoms with Crippen molar-refractivity contribution in [1.29, 1.82) is 0 Å². The third-order valence-corrected chi connectivity index (χ3v) is 5.74. The molecule has 0 saturated carbocycles. The number of carbonyl (C=O) groups is 1. The van der Waals surface area contributed by atoms with Crippen LogP contribution >= 0.6 is 12.4 Å². The number of hydrogen-bond donors (Lipinski definition) is 1. The van der Waals surface area contributed by atoms with Gasteiger partial charge in [-0.3, -0.25) is 4.79 Å². The smallest absolute Gasteiger partial charge is 0.254 e. The highest BCUT2D eigenvalue weighted by atomic mass is 35.5. The summed E-state index contributed by atoms with van der Waals surface area (Å²) in [5.41, 5.74) is 3.56. The van der Waals surface area contributed by atoms with E-state index in [2.05, 4.69) is 36.5 Å². The molecule has 1 fully saturated rings. The van der Waals surface area contributed by atoms with Gasteiger partial charge in [-0.15, -0.1) is 12.4 Å². The lowest BCUT2D eigenvalue weighted by Crippen LogP contribution is -2.48. The van der Waals surface area contributed by atoms with Crippen molar-refractivity contribution in [1.82, 2.24) is 10.2 Å². The Labute approximate surface area is 173 Å². The van der Waals surface area contributed by atoms with Crippen LogP contribution in [0, 0.1) is 0 Å². The summed E-state index contributed by atoms with van der Waals surface area (Å²) < 4.78 is 23.1. The van der Waals surface area contributed by atoms with E-state index in [0.717, 1.165) is 18.5 Å². The van der Waals surface area contributed by atoms with Crippen molar-refractivity contribution in [3.8, 4) is 0 Å². The van der Waals surface area contributed by atoms with E-state index in [4.69, 9.17) is 0 Å². The Morgan fingerprint density at radius 2 is 1.86 bits per heavy atom. The summed E-state index contributed by atoms with van der Waals surface area (Å²) in [5, 5.41) is 3.37. The molecule has 1 heterocycles. The second-order valence-electron chi connectivity index (χ2n) is 7.08. The first-order valence-corrected chi connectivity index (χ1v) is 11.3. The zero-order valence-electron chi connectivity index (χ0n) is 16.2. The highest BCUT2D eigenvalue weighted by molar-refractivity contribution is 7.89. The molecule has 1 saturated heterocycles. The Balaban J connectivity index is 0.00000280. The Kier molecular flexibility index (Phi) is 7.63. The van der Waals surface area contributed by atoms with Crippen LogP contribution in [-0.4, -0.2) is 45.1 Å². The molecule has 3 rings (SSSR count). The van der Waals surface area contributed by atoms with Crippen molar-refractivity contribution in [3.05, 3.63) is 70.8 Å². The van der Waals surface area contributed by atoms with Crippen molar-refractivity contribution < 1.29 is 13.2 Å². The fraction of sp³-hybridized carbons (Fsp3) is 0.381. The minimum absolute atomic E-state index is 0. The van der Waals surface area contributed by atoms with Gasteiger partial charge in [-0.05, 0) is 35.2 Å². The van der Waals surface area contributed by atoms with Gasteiger partial charge >= 0.3 is 0 Å². The van der Waals surface area contributed by atoms with Gasteiger partial charge in [-0.2, -0.15) is 0 Å².